The largest absolute Gasteiger partial charge is 0.496 e. The van der Waals surface area contributed by atoms with E-state index in [1.807, 2.05) is 30.3 Å². The molecule has 134 valence electrons. The number of hydrogen-bond acceptors (Lipinski definition) is 5. The predicted octanol–water partition coefficient (Wildman–Crippen LogP) is 3.17. The van der Waals surface area contributed by atoms with Gasteiger partial charge in [0.15, 0.2) is 11.9 Å². The molecule has 1 heterocycles. The summed E-state index contributed by atoms with van der Waals surface area (Å²) in [6.07, 6.45) is 0.0808. The van der Waals surface area contributed by atoms with Crippen LogP contribution in [-0.4, -0.2) is 23.0 Å². The van der Waals surface area contributed by atoms with Gasteiger partial charge in [-0.05, 0) is 37.1 Å². The number of rotatable bonds is 6. The highest BCUT2D eigenvalue weighted by atomic mass is 16.5. The van der Waals surface area contributed by atoms with Crippen LogP contribution in [0.5, 0.6) is 5.75 Å². The number of nitrogens with zero attached hydrogens (tertiary/aromatic N) is 1. The number of aromatic nitrogens is 2. The van der Waals surface area contributed by atoms with Gasteiger partial charge >= 0.3 is 5.97 Å². The maximum atomic E-state index is 12.2. The zero-order valence-corrected chi connectivity index (χ0v) is 14.7. The van der Waals surface area contributed by atoms with Gasteiger partial charge in [-0.3, -0.25) is 9.59 Å². The molecule has 0 bridgehead atoms. The van der Waals surface area contributed by atoms with E-state index in [0.29, 0.717) is 23.1 Å². The van der Waals surface area contributed by atoms with Gasteiger partial charge in [0, 0.05) is 6.42 Å². The van der Waals surface area contributed by atoms with E-state index in [2.05, 4.69) is 9.97 Å². The number of esters is 1. The number of ether oxygens (including phenoxy) is 2. The Hall–Kier alpha value is -3.15. The standard InChI is InChI=1S/C20H20N2O4/c1-13(19-21-16-9-5-4-8-15(16)20(24)22-19)26-18(23)12-11-14-7-3-6-10-17(14)25-2/h3-10,13H,11-12H2,1-2H3,(H,21,22,24)/t13-/m0/s1. The lowest BCUT2D eigenvalue weighted by molar-refractivity contribution is -0.148. The molecule has 26 heavy (non-hydrogen) atoms. The Morgan fingerprint density at radius 3 is 2.69 bits per heavy atom. The van der Waals surface area contributed by atoms with Gasteiger partial charge in [0.1, 0.15) is 5.75 Å². The van der Waals surface area contributed by atoms with E-state index in [1.54, 1.807) is 32.2 Å². The number of aromatic amines is 1. The molecule has 2 aromatic carbocycles. The molecule has 0 spiro atoms. The first kappa shape index (κ1) is 17.7. The molecule has 1 N–H and O–H groups in total. The second-order valence-corrected chi connectivity index (χ2v) is 5.91. The highest BCUT2D eigenvalue weighted by molar-refractivity contribution is 5.77. The molecule has 0 aliphatic carbocycles. The van der Waals surface area contributed by atoms with Crippen molar-refractivity contribution in [2.45, 2.75) is 25.9 Å². The van der Waals surface area contributed by atoms with Crippen molar-refractivity contribution in [2.24, 2.45) is 0 Å². The minimum Gasteiger partial charge on any atom is -0.496 e. The van der Waals surface area contributed by atoms with Gasteiger partial charge in [-0.2, -0.15) is 0 Å². The maximum Gasteiger partial charge on any atom is 0.306 e. The van der Waals surface area contributed by atoms with Crippen LogP contribution in [0.1, 0.15) is 30.8 Å². The third-order valence-electron chi connectivity index (χ3n) is 4.12. The van der Waals surface area contributed by atoms with Gasteiger partial charge < -0.3 is 14.5 Å². The van der Waals surface area contributed by atoms with Crippen molar-refractivity contribution in [1.29, 1.82) is 0 Å². The molecule has 0 radical (unpaired) electrons. The topological polar surface area (TPSA) is 81.3 Å². The number of H-pyrrole nitrogens is 1. The molecule has 0 fully saturated rings. The normalized spacial score (nSPS) is 11.9. The van der Waals surface area contributed by atoms with Crippen molar-refractivity contribution in [3.05, 3.63) is 70.3 Å². The number of hydrogen-bond donors (Lipinski definition) is 1. The van der Waals surface area contributed by atoms with Gasteiger partial charge in [-0.15, -0.1) is 0 Å². The van der Waals surface area contributed by atoms with Crippen LogP contribution in [0.25, 0.3) is 10.9 Å². The van der Waals surface area contributed by atoms with E-state index in [-0.39, 0.29) is 17.9 Å². The second kappa shape index (κ2) is 7.82. The SMILES string of the molecule is COc1ccccc1CCC(=O)O[C@@H](C)c1nc2ccccc2c(=O)[nH]1. The van der Waals surface area contributed by atoms with Crippen molar-refractivity contribution in [2.75, 3.05) is 7.11 Å². The van der Waals surface area contributed by atoms with Crippen LogP contribution in [0.2, 0.25) is 0 Å². The average Bonchev–Trinajstić information content (AvgIpc) is 2.66. The average molecular weight is 352 g/mol. The van der Waals surface area contributed by atoms with Gasteiger partial charge in [0.05, 0.1) is 18.0 Å². The van der Waals surface area contributed by atoms with Crippen molar-refractivity contribution < 1.29 is 14.3 Å². The Morgan fingerprint density at radius 1 is 1.15 bits per heavy atom. The number of aryl methyl sites for hydroxylation is 1. The van der Waals surface area contributed by atoms with Gasteiger partial charge in [0.25, 0.3) is 5.56 Å². The van der Waals surface area contributed by atoms with Crippen LogP contribution in [0.15, 0.2) is 53.3 Å². The zero-order valence-electron chi connectivity index (χ0n) is 14.7. The lowest BCUT2D eigenvalue weighted by Crippen LogP contribution is -2.17. The summed E-state index contributed by atoms with van der Waals surface area (Å²) in [5.41, 5.74) is 1.27. The molecule has 3 aromatic rings. The van der Waals surface area contributed by atoms with Crippen LogP contribution in [0, 0.1) is 0 Å². The molecule has 1 aromatic heterocycles. The number of carbonyl (C=O) groups excluding carboxylic acids is 1. The zero-order chi connectivity index (χ0) is 18.5. The Labute approximate surface area is 150 Å². The summed E-state index contributed by atoms with van der Waals surface area (Å²) in [5.74, 6) is 0.715. The smallest absolute Gasteiger partial charge is 0.306 e. The summed E-state index contributed by atoms with van der Waals surface area (Å²) in [5, 5.41) is 0.506. The summed E-state index contributed by atoms with van der Waals surface area (Å²) >= 11 is 0. The number of methoxy groups -OCH3 is 1. The molecule has 1 atom stereocenters. The molecule has 6 heteroatoms. The van der Waals surface area contributed by atoms with Crippen molar-refractivity contribution in [3.63, 3.8) is 0 Å². The maximum absolute atomic E-state index is 12.2. The monoisotopic (exact) mass is 352 g/mol. The first-order valence-electron chi connectivity index (χ1n) is 8.39. The van der Waals surface area contributed by atoms with Crippen LogP contribution < -0.4 is 10.3 Å². The summed E-state index contributed by atoms with van der Waals surface area (Å²) < 4.78 is 10.7. The molecule has 0 amide bonds. The van der Waals surface area contributed by atoms with E-state index in [1.165, 1.54) is 0 Å². The quantitative estimate of drug-likeness (QED) is 0.689. The lowest BCUT2D eigenvalue weighted by atomic mass is 10.1. The van der Waals surface area contributed by atoms with E-state index >= 15 is 0 Å². The van der Waals surface area contributed by atoms with Gasteiger partial charge in [-0.1, -0.05) is 30.3 Å². The third kappa shape index (κ3) is 3.91. The highest BCUT2D eigenvalue weighted by Gasteiger charge is 2.16. The summed E-state index contributed by atoms with van der Waals surface area (Å²) in [6, 6.07) is 14.6. The Morgan fingerprint density at radius 2 is 1.88 bits per heavy atom. The lowest BCUT2D eigenvalue weighted by Gasteiger charge is -2.13. The van der Waals surface area contributed by atoms with Crippen LogP contribution in [-0.2, 0) is 16.0 Å². The van der Waals surface area contributed by atoms with Crippen molar-refractivity contribution in [3.8, 4) is 5.75 Å². The summed E-state index contributed by atoms with van der Waals surface area (Å²) in [4.78, 5) is 31.4. The number of fused-ring (bicyclic) bond motifs is 1. The van der Waals surface area contributed by atoms with Gasteiger partial charge in [-0.25, -0.2) is 4.98 Å². The molecule has 0 saturated heterocycles. The molecule has 0 aliphatic heterocycles. The van der Waals surface area contributed by atoms with Crippen molar-refractivity contribution >= 4 is 16.9 Å². The predicted molar refractivity (Wildman–Crippen MR) is 98.2 cm³/mol. The Balaban J connectivity index is 1.67. The van der Waals surface area contributed by atoms with Crippen molar-refractivity contribution in [1.82, 2.24) is 9.97 Å². The molecule has 0 saturated carbocycles. The van der Waals surface area contributed by atoms with Crippen LogP contribution >= 0.6 is 0 Å². The van der Waals surface area contributed by atoms with E-state index in [0.717, 1.165) is 11.3 Å². The van der Waals surface area contributed by atoms with E-state index in [9.17, 15) is 9.59 Å². The fraction of sp³-hybridized carbons (Fsp3) is 0.250. The summed E-state index contributed by atoms with van der Waals surface area (Å²) in [6.45, 7) is 1.69. The molecular formula is C20H20N2O4. The molecule has 0 unspecified atom stereocenters. The molecule has 3 rings (SSSR count). The molecule has 6 nitrogen and oxygen atoms in total. The number of para-hydroxylation sites is 2. The highest BCUT2D eigenvalue weighted by Crippen LogP contribution is 2.20. The number of nitrogens with one attached hydrogen (secondary N) is 1. The minimum absolute atomic E-state index is 0.211. The first-order chi connectivity index (χ1) is 12.6. The van der Waals surface area contributed by atoms with Crippen LogP contribution in [0.3, 0.4) is 0 Å². The third-order valence-corrected chi connectivity index (χ3v) is 4.12. The molecular weight excluding hydrogens is 332 g/mol. The Kier molecular flexibility index (Phi) is 5.31. The minimum atomic E-state index is -0.641. The number of carbonyl (C=O) groups is 1. The van der Waals surface area contributed by atoms with E-state index < -0.39 is 6.10 Å². The second-order valence-electron chi connectivity index (χ2n) is 5.91. The fourth-order valence-corrected chi connectivity index (χ4v) is 2.76. The van der Waals surface area contributed by atoms with Crippen LogP contribution in [0.4, 0.5) is 0 Å². The van der Waals surface area contributed by atoms with E-state index in [4.69, 9.17) is 9.47 Å². The summed E-state index contributed by atoms with van der Waals surface area (Å²) in [7, 11) is 1.60. The Bertz CT molecular complexity index is 981. The fourth-order valence-electron chi connectivity index (χ4n) is 2.76. The van der Waals surface area contributed by atoms with Gasteiger partial charge in [0.2, 0.25) is 0 Å². The first-order valence-corrected chi connectivity index (χ1v) is 8.39. The molecule has 0 aliphatic rings. The number of benzene rings is 2.